The van der Waals surface area contributed by atoms with Gasteiger partial charge in [0.05, 0.1) is 16.3 Å². The third-order valence-electron chi connectivity index (χ3n) is 3.97. The zero-order valence-electron chi connectivity index (χ0n) is 14.1. The summed E-state index contributed by atoms with van der Waals surface area (Å²) in [5, 5.41) is 17.0. The Morgan fingerprint density at radius 2 is 2.04 bits per heavy atom. The SMILES string of the molecule is Cc1ccccc1-n1nc(C)c2cc(C(=O)NCCCC(=O)O)sc21. The molecule has 6 nitrogen and oxygen atoms in total. The molecule has 0 saturated heterocycles. The molecule has 2 aromatic heterocycles. The molecule has 7 heteroatoms. The van der Waals surface area contributed by atoms with E-state index in [0.29, 0.717) is 17.8 Å². The molecule has 0 aliphatic rings. The van der Waals surface area contributed by atoms with Crippen LogP contribution in [0.1, 0.15) is 33.8 Å². The lowest BCUT2D eigenvalue weighted by atomic mass is 10.2. The predicted octanol–water partition coefficient (Wildman–Crippen LogP) is 3.30. The number of carbonyl (C=O) groups excluding carboxylic acids is 1. The van der Waals surface area contributed by atoms with Gasteiger partial charge in [0, 0.05) is 18.4 Å². The van der Waals surface area contributed by atoms with E-state index in [1.54, 1.807) is 0 Å². The van der Waals surface area contributed by atoms with Gasteiger partial charge in [-0.25, -0.2) is 4.68 Å². The van der Waals surface area contributed by atoms with Crippen LogP contribution >= 0.6 is 11.3 Å². The zero-order chi connectivity index (χ0) is 18.0. The average molecular weight is 357 g/mol. The molecule has 2 N–H and O–H groups in total. The molecule has 0 aliphatic heterocycles. The third kappa shape index (κ3) is 3.56. The van der Waals surface area contributed by atoms with E-state index in [9.17, 15) is 9.59 Å². The van der Waals surface area contributed by atoms with Crippen LogP contribution in [0.5, 0.6) is 0 Å². The van der Waals surface area contributed by atoms with Crippen molar-refractivity contribution in [1.82, 2.24) is 15.1 Å². The summed E-state index contributed by atoms with van der Waals surface area (Å²) in [5.41, 5.74) is 2.98. The van der Waals surface area contributed by atoms with Crippen LogP contribution in [0, 0.1) is 13.8 Å². The molecule has 0 saturated carbocycles. The van der Waals surface area contributed by atoms with Gasteiger partial charge in [0.25, 0.3) is 5.91 Å². The van der Waals surface area contributed by atoms with Crippen LogP contribution < -0.4 is 5.32 Å². The van der Waals surface area contributed by atoms with Crippen LogP contribution in [0.25, 0.3) is 15.9 Å². The summed E-state index contributed by atoms with van der Waals surface area (Å²) in [4.78, 5) is 24.4. The minimum Gasteiger partial charge on any atom is -0.481 e. The summed E-state index contributed by atoms with van der Waals surface area (Å²) in [5.74, 6) is -1.03. The second-order valence-corrected chi connectivity index (χ2v) is 6.90. The highest BCUT2D eigenvalue weighted by molar-refractivity contribution is 7.20. The lowest BCUT2D eigenvalue weighted by Crippen LogP contribution is -2.24. The van der Waals surface area contributed by atoms with E-state index in [4.69, 9.17) is 5.11 Å². The third-order valence-corrected chi connectivity index (χ3v) is 5.07. The van der Waals surface area contributed by atoms with Crippen LogP contribution in [0.2, 0.25) is 0 Å². The lowest BCUT2D eigenvalue weighted by molar-refractivity contribution is -0.137. The number of benzene rings is 1. The van der Waals surface area contributed by atoms with Gasteiger partial charge in [-0.15, -0.1) is 11.3 Å². The number of nitrogens with zero attached hydrogens (tertiary/aromatic N) is 2. The average Bonchev–Trinajstić information content (AvgIpc) is 3.13. The van der Waals surface area contributed by atoms with Crippen molar-refractivity contribution >= 4 is 33.4 Å². The van der Waals surface area contributed by atoms with E-state index in [2.05, 4.69) is 10.4 Å². The highest BCUT2D eigenvalue weighted by atomic mass is 32.1. The van der Waals surface area contributed by atoms with Crippen LogP contribution in [-0.4, -0.2) is 33.3 Å². The monoisotopic (exact) mass is 357 g/mol. The second-order valence-electron chi connectivity index (χ2n) is 5.87. The standard InChI is InChI=1S/C18H19N3O3S/c1-11-6-3-4-7-14(11)21-18-13(12(2)20-21)10-15(25-18)17(24)19-9-5-8-16(22)23/h3-4,6-7,10H,5,8-9H2,1-2H3,(H,19,24)(H,22,23). The summed E-state index contributed by atoms with van der Waals surface area (Å²) >= 11 is 1.39. The van der Waals surface area contributed by atoms with Gasteiger partial charge in [0.2, 0.25) is 0 Å². The number of carbonyl (C=O) groups is 2. The fraction of sp³-hybridized carbons (Fsp3) is 0.278. The summed E-state index contributed by atoms with van der Waals surface area (Å²) in [6, 6.07) is 9.84. The van der Waals surface area contributed by atoms with Crippen molar-refractivity contribution in [3.8, 4) is 5.69 Å². The van der Waals surface area contributed by atoms with Crippen LogP contribution in [0.15, 0.2) is 30.3 Å². The van der Waals surface area contributed by atoms with Gasteiger partial charge in [0.15, 0.2) is 0 Å². The molecular weight excluding hydrogens is 338 g/mol. The Morgan fingerprint density at radius 3 is 2.76 bits per heavy atom. The number of carboxylic acid groups (broad SMARTS) is 1. The largest absolute Gasteiger partial charge is 0.481 e. The van der Waals surface area contributed by atoms with Crippen molar-refractivity contribution in [2.24, 2.45) is 0 Å². The maximum Gasteiger partial charge on any atom is 0.303 e. The van der Waals surface area contributed by atoms with Gasteiger partial charge in [-0.1, -0.05) is 18.2 Å². The van der Waals surface area contributed by atoms with E-state index < -0.39 is 5.97 Å². The number of thiophene rings is 1. The molecule has 3 rings (SSSR count). The molecule has 3 aromatic rings. The molecule has 0 aliphatic carbocycles. The molecule has 0 spiro atoms. The number of carboxylic acids is 1. The molecule has 2 heterocycles. The molecule has 0 radical (unpaired) electrons. The maximum absolute atomic E-state index is 12.3. The van der Waals surface area contributed by atoms with Crippen molar-refractivity contribution in [2.45, 2.75) is 26.7 Å². The van der Waals surface area contributed by atoms with Crippen molar-refractivity contribution in [3.05, 3.63) is 46.5 Å². The topological polar surface area (TPSA) is 84.2 Å². The van der Waals surface area contributed by atoms with E-state index in [0.717, 1.165) is 27.2 Å². The molecule has 0 bridgehead atoms. The minimum absolute atomic E-state index is 0.0497. The predicted molar refractivity (Wildman–Crippen MR) is 97.6 cm³/mol. The Hall–Kier alpha value is -2.67. The summed E-state index contributed by atoms with van der Waals surface area (Å²) < 4.78 is 1.88. The Labute approximate surface area is 149 Å². The first-order valence-corrected chi connectivity index (χ1v) is 8.84. The molecule has 0 unspecified atom stereocenters. The first kappa shape index (κ1) is 17.2. The molecule has 130 valence electrons. The normalized spacial score (nSPS) is 11.0. The van der Waals surface area contributed by atoms with E-state index in [1.165, 1.54) is 11.3 Å². The number of aryl methyl sites for hydroxylation is 2. The van der Waals surface area contributed by atoms with Crippen LogP contribution in [-0.2, 0) is 4.79 Å². The Morgan fingerprint density at radius 1 is 1.28 bits per heavy atom. The number of rotatable bonds is 6. The molecular formula is C18H19N3O3S. The van der Waals surface area contributed by atoms with Crippen molar-refractivity contribution in [3.63, 3.8) is 0 Å². The fourth-order valence-corrected chi connectivity index (χ4v) is 3.74. The zero-order valence-corrected chi connectivity index (χ0v) is 14.9. The number of para-hydroxylation sites is 1. The van der Waals surface area contributed by atoms with Gasteiger partial charge in [-0.3, -0.25) is 9.59 Å². The van der Waals surface area contributed by atoms with E-state index in [1.807, 2.05) is 48.9 Å². The smallest absolute Gasteiger partial charge is 0.303 e. The Kier molecular flexibility index (Phi) is 4.85. The van der Waals surface area contributed by atoms with Gasteiger partial charge in [-0.2, -0.15) is 5.10 Å². The number of hydrogen-bond donors (Lipinski definition) is 2. The molecule has 1 amide bonds. The Balaban J connectivity index is 1.85. The lowest BCUT2D eigenvalue weighted by Gasteiger charge is -2.05. The summed E-state index contributed by atoms with van der Waals surface area (Å²) in [7, 11) is 0. The van der Waals surface area contributed by atoms with Gasteiger partial charge < -0.3 is 10.4 Å². The van der Waals surface area contributed by atoms with Crippen LogP contribution in [0.4, 0.5) is 0 Å². The molecule has 0 fully saturated rings. The second kappa shape index (κ2) is 7.06. The molecule has 0 atom stereocenters. The quantitative estimate of drug-likeness (QED) is 0.663. The highest BCUT2D eigenvalue weighted by Crippen LogP contribution is 2.31. The highest BCUT2D eigenvalue weighted by Gasteiger charge is 2.17. The first-order valence-electron chi connectivity index (χ1n) is 8.02. The maximum atomic E-state index is 12.3. The van der Waals surface area contributed by atoms with Crippen LogP contribution in [0.3, 0.4) is 0 Å². The van der Waals surface area contributed by atoms with Gasteiger partial charge >= 0.3 is 5.97 Å². The first-order chi connectivity index (χ1) is 12.0. The van der Waals surface area contributed by atoms with Gasteiger partial charge in [0.1, 0.15) is 4.83 Å². The van der Waals surface area contributed by atoms with Gasteiger partial charge in [-0.05, 0) is 38.0 Å². The number of nitrogens with one attached hydrogen (secondary N) is 1. The van der Waals surface area contributed by atoms with Crippen molar-refractivity contribution in [1.29, 1.82) is 0 Å². The van der Waals surface area contributed by atoms with Crippen molar-refractivity contribution in [2.75, 3.05) is 6.54 Å². The minimum atomic E-state index is -0.856. The number of aromatic nitrogens is 2. The van der Waals surface area contributed by atoms with Crippen molar-refractivity contribution < 1.29 is 14.7 Å². The number of amides is 1. The Bertz CT molecular complexity index is 942. The number of fused-ring (bicyclic) bond motifs is 1. The molecule has 25 heavy (non-hydrogen) atoms. The molecule has 1 aromatic carbocycles. The fourth-order valence-electron chi connectivity index (χ4n) is 2.65. The number of aliphatic carboxylic acids is 1. The van der Waals surface area contributed by atoms with E-state index in [-0.39, 0.29) is 12.3 Å². The number of hydrogen-bond acceptors (Lipinski definition) is 4. The van der Waals surface area contributed by atoms with E-state index >= 15 is 0 Å². The summed E-state index contributed by atoms with van der Waals surface area (Å²) in [6.45, 7) is 4.31. The summed E-state index contributed by atoms with van der Waals surface area (Å²) in [6.07, 6.45) is 0.468.